The zero-order valence-corrected chi connectivity index (χ0v) is 13.0. The molecule has 5 nitrogen and oxygen atoms in total. The first-order valence-corrected chi connectivity index (χ1v) is 8.09. The van der Waals surface area contributed by atoms with Gasteiger partial charge in [-0.15, -0.1) is 0 Å². The average molecular weight is 323 g/mol. The molecule has 0 radical (unpaired) electrons. The van der Waals surface area contributed by atoms with Gasteiger partial charge in [0.1, 0.15) is 11.6 Å². The van der Waals surface area contributed by atoms with Crippen LogP contribution in [-0.2, 0) is 9.53 Å². The Balaban J connectivity index is 1.59. The van der Waals surface area contributed by atoms with Crippen molar-refractivity contribution in [2.45, 2.75) is 31.4 Å². The van der Waals surface area contributed by atoms with Gasteiger partial charge in [-0.25, -0.2) is 4.39 Å². The highest BCUT2D eigenvalue weighted by molar-refractivity contribution is 5.78. The number of aliphatic hydroxyl groups excluding tert-OH is 1. The highest BCUT2D eigenvalue weighted by Crippen LogP contribution is 2.30. The molecule has 2 saturated heterocycles. The molecule has 1 aromatic carbocycles. The highest BCUT2D eigenvalue weighted by Gasteiger charge is 2.39. The number of rotatable bonds is 4. The fraction of sp³-hybridized carbons (Fsp3) is 0.588. The summed E-state index contributed by atoms with van der Waals surface area (Å²) in [6.45, 7) is 1.60. The molecule has 0 aromatic heterocycles. The molecule has 3 rings (SSSR count). The van der Waals surface area contributed by atoms with Gasteiger partial charge in [-0.2, -0.15) is 0 Å². The lowest BCUT2D eigenvalue weighted by atomic mass is 9.89. The minimum Gasteiger partial charge on any atom is -0.484 e. The normalized spacial score (nSPS) is 27.9. The van der Waals surface area contributed by atoms with Gasteiger partial charge in [-0.1, -0.05) is 6.07 Å². The van der Waals surface area contributed by atoms with Crippen LogP contribution < -0.4 is 4.74 Å². The van der Waals surface area contributed by atoms with Crippen LogP contribution in [0.5, 0.6) is 5.75 Å². The number of hydrogen-bond donors (Lipinski definition) is 1. The Labute approximate surface area is 135 Å². The summed E-state index contributed by atoms with van der Waals surface area (Å²) < 4.78 is 24.0. The van der Waals surface area contributed by atoms with Crippen LogP contribution in [-0.4, -0.2) is 54.4 Å². The minimum absolute atomic E-state index is 0.00564. The number of hydrogen-bond acceptors (Lipinski definition) is 4. The number of carbonyl (C=O) groups is 1. The van der Waals surface area contributed by atoms with E-state index in [-0.39, 0.29) is 24.5 Å². The van der Waals surface area contributed by atoms with Gasteiger partial charge in [0.15, 0.2) is 6.61 Å². The van der Waals surface area contributed by atoms with Crippen LogP contribution in [0.1, 0.15) is 19.3 Å². The lowest BCUT2D eigenvalue weighted by molar-refractivity contribution is -0.138. The molecule has 2 aliphatic heterocycles. The van der Waals surface area contributed by atoms with Crippen molar-refractivity contribution in [1.29, 1.82) is 0 Å². The van der Waals surface area contributed by atoms with Crippen LogP contribution in [0.4, 0.5) is 4.39 Å². The SMILES string of the molecule is O=C(COc1cccc(F)c1)N1CCC[C@@H]1[C@@H]1COCC[C@@H]1O. The smallest absolute Gasteiger partial charge is 0.260 e. The van der Waals surface area contributed by atoms with E-state index in [1.807, 2.05) is 0 Å². The summed E-state index contributed by atoms with van der Waals surface area (Å²) in [5.41, 5.74) is 0. The third-order valence-electron chi connectivity index (χ3n) is 4.63. The van der Waals surface area contributed by atoms with Gasteiger partial charge in [-0.3, -0.25) is 4.79 Å². The van der Waals surface area contributed by atoms with Gasteiger partial charge >= 0.3 is 0 Å². The van der Waals surface area contributed by atoms with E-state index in [9.17, 15) is 14.3 Å². The highest BCUT2D eigenvalue weighted by atomic mass is 19.1. The maximum absolute atomic E-state index is 13.1. The first kappa shape index (κ1) is 16.2. The zero-order chi connectivity index (χ0) is 16.2. The maximum atomic E-state index is 13.1. The second kappa shape index (κ2) is 7.27. The van der Waals surface area contributed by atoms with E-state index < -0.39 is 11.9 Å². The summed E-state index contributed by atoms with van der Waals surface area (Å²) in [6, 6.07) is 5.75. The molecule has 0 aliphatic carbocycles. The molecule has 126 valence electrons. The monoisotopic (exact) mass is 323 g/mol. The Morgan fingerprint density at radius 2 is 2.30 bits per heavy atom. The van der Waals surface area contributed by atoms with Crippen molar-refractivity contribution in [1.82, 2.24) is 4.90 Å². The lowest BCUT2D eigenvalue weighted by Crippen LogP contribution is -2.49. The molecule has 0 saturated carbocycles. The lowest BCUT2D eigenvalue weighted by Gasteiger charge is -2.36. The quantitative estimate of drug-likeness (QED) is 0.914. The molecule has 0 unspecified atom stereocenters. The second-order valence-corrected chi connectivity index (χ2v) is 6.14. The van der Waals surface area contributed by atoms with Crippen molar-refractivity contribution in [3.8, 4) is 5.75 Å². The first-order valence-electron chi connectivity index (χ1n) is 8.09. The summed E-state index contributed by atoms with van der Waals surface area (Å²) in [7, 11) is 0. The largest absolute Gasteiger partial charge is 0.484 e. The van der Waals surface area contributed by atoms with Crippen LogP contribution in [0.25, 0.3) is 0 Å². The molecule has 1 N–H and O–H groups in total. The van der Waals surface area contributed by atoms with Crippen LogP contribution in [0.3, 0.4) is 0 Å². The summed E-state index contributed by atoms with van der Waals surface area (Å²) in [4.78, 5) is 14.2. The third kappa shape index (κ3) is 3.82. The molecule has 2 aliphatic rings. The van der Waals surface area contributed by atoms with Crippen LogP contribution in [0, 0.1) is 11.7 Å². The molecule has 1 amide bonds. The number of aliphatic hydroxyl groups is 1. The minimum atomic E-state index is -0.425. The summed E-state index contributed by atoms with van der Waals surface area (Å²) >= 11 is 0. The Morgan fingerprint density at radius 3 is 3.09 bits per heavy atom. The van der Waals surface area contributed by atoms with E-state index in [0.717, 1.165) is 12.8 Å². The fourth-order valence-corrected chi connectivity index (χ4v) is 3.45. The van der Waals surface area contributed by atoms with Crippen LogP contribution in [0.15, 0.2) is 24.3 Å². The standard InChI is InChI=1S/C17H22FNO4/c18-12-3-1-4-13(9-12)23-11-17(21)19-7-2-5-15(19)14-10-22-8-6-16(14)20/h1,3-4,9,14-16,20H,2,5-8,10-11H2/t14-,15+,16-/m0/s1. The molecule has 0 bridgehead atoms. The molecule has 2 fully saturated rings. The molecule has 6 heteroatoms. The number of halogens is 1. The Kier molecular flexibility index (Phi) is 5.13. The van der Waals surface area contributed by atoms with Crippen molar-refractivity contribution in [2.75, 3.05) is 26.4 Å². The van der Waals surface area contributed by atoms with Gasteiger partial charge in [0.25, 0.3) is 5.91 Å². The fourth-order valence-electron chi connectivity index (χ4n) is 3.45. The van der Waals surface area contributed by atoms with E-state index in [4.69, 9.17) is 9.47 Å². The third-order valence-corrected chi connectivity index (χ3v) is 4.63. The van der Waals surface area contributed by atoms with Crippen LogP contribution >= 0.6 is 0 Å². The number of benzene rings is 1. The Bertz CT molecular complexity index is 553. The predicted molar refractivity (Wildman–Crippen MR) is 81.6 cm³/mol. The Morgan fingerprint density at radius 1 is 1.43 bits per heavy atom. The van der Waals surface area contributed by atoms with Gasteiger partial charge in [0.2, 0.25) is 0 Å². The molecule has 0 spiro atoms. The summed E-state index contributed by atoms with van der Waals surface area (Å²) in [5, 5.41) is 10.2. The van der Waals surface area contributed by atoms with Gasteiger partial charge in [-0.05, 0) is 31.4 Å². The number of carbonyl (C=O) groups excluding carboxylic acids is 1. The predicted octanol–water partition coefficient (Wildman–Crippen LogP) is 1.59. The molecule has 3 atom stereocenters. The summed E-state index contributed by atoms with van der Waals surface area (Å²) in [5.74, 6) is -0.217. The molecular formula is C17H22FNO4. The second-order valence-electron chi connectivity index (χ2n) is 6.14. The molecule has 23 heavy (non-hydrogen) atoms. The average Bonchev–Trinajstić information content (AvgIpc) is 3.02. The van der Waals surface area contributed by atoms with Gasteiger partial charge in [0.05, 0.1) is 12.7 Å². The zero-order valence-electron chi connectivity index (χ0n) is 13.0. The van der Waals surface area contributed by atoms with E-state index >= 15 is 0 Å². The first-order chi connectivity index (χ1) is 11.1. The Hall–Kier alpha value is -1.66. The molecular weight excluding hydrogens is 301 g/mol. The topological polar surface area (TPSA) is 59.0 Å². The van der Waals surface area contributed by atoms with E-state index in [0.29, 0.717) is 31.9 Å². The summed E-state index contributed by atoms with van der Waals surface area (Å²) in [6.07, 6.45) is 1.98. The van der Waals surface area contributed by atoms with E-state index in [2.05, 4.69) is 0 Å². The van der Waals surface area contributed by atoms with Crippen molar-refractivity contribution in [3.05, 3.63) is 30.1 Å². The molecule has 1 aromatic rings. The number of nitrogens with zero attached hydrogens (tertiary/aromatic N) is 1. The number of ether oxygens (including phenoxy) is 2. The van der Waals surface area contributed by atoms with Crippen molar-refractivity contribution >= 4 is 5.91 Å². The van der Waals surface area contributed by atoms with Crippen LogP contribution in [0.2, 0.25) is 0 Å². The van der Waals surface area contributed by atoms with E-state index in [1.54, 1.807) is 17.0 Å². The molecule has 2 heterocycles. The number of likely N-dealkylation sites (tertiary alicyclic amines) is 1. The van der Waals surface area contributed by atoms with Crippen molar-refractivity contribution in [2.24, 2.45) is 5.92 Å². The van der Waals surface area contributed by atoms with Gasteiger partial charge < -0.3 is 19.5 Å². The van der Waals surface area contributed by atoms with Gasteiger partial charge in [0, 0.05) is 31.2 Å². The maximum Gasteiger partial charge on any atom is 0.260 e. The van der Waals surface area contributed by atoms with Crippen molar-refractivity contribution < 1.29 is 23.8 Å². The van der Waals surface area contributed by atoms with E-state index in [1.165, 1.54) is 12.1 Å². The van der Waals surface area contributed by atoms with Crippen molar-refractivity contribution in [3.63, 3.8) is 0 Å². The number of amides is 1.